The highest BCUT2D eigenvalue weighted by Gasteiger charge is 2.21. The summed E-state index contributed by atoms with van der Waals surface area (Å²) in [6.07, 6.45) is 4.72. The Hall–Kier alpha value is -2.10. The molecule has 0 spiro atoms. The molecule has 0 aliphatic carbocycles. The van der Waals surface area contributed by atoms with E-state index in [1.807, 2.05) is 25.1 Å². The summed E-state index contributed by atoms with van der Waals surface area (Å²) in [5.41, 5.74) is 2.75. The van der Waals surface area contributed by atoms with E-state index in [1.54, 1.807) is 11.0 Å². The Kier molecular flexibility index (Phi) is 5.14. The van der Waals surface area contributed by atoms with E-state index < -0.39 is 0 Å². The lowest BCUT2D eigenvalue weighted by atomic mass is 10.1. The number of carbonyl (C=O) groups is 2. The van der Waals surface area contributed by atoms with Crippen molar-refractivity contribution in [2.75, 3.05) is 18.6 Å². The van der Waals surface area contributed by atoms with Crippen LogP contribution in [0.3, 0.4) is 0 Å². The molecule has 4 nitrogen and oxygen atoms in total. The molecule has 0 aromatic heterocycles. The average Bonchev–Trinajstić information content (AvgIpc) is 2.66. The summed E-state index contributed by atoms with van der Waals surface area (Å²) < 4.78 is 4.75. The van der Waals surface area contributed by atoms with Gasteiger partial charge in [0.15, 0.2) is 0 Å². The van der Waals surface area contributed by atoms with E-state index in [1.165, 1.54) is 12.7 Å². The third-order valence-electron chi connectivity index (χ3n) is 3.77. The lowest BCUT2D eigenvalue weighted by Crippen LogP contribution is -2.30. The molecule has 1 heterocycles. The molecule has 0 fully saturated rings. The Morgan fingerprint density at radius 3 is 2.81 bits per heavy atom. The van der Waals surface area contributed by atoms with Crippen LogP contribution in [0.5, 0.6) is 0 Å². The number of ether oxygens (including phenoxy) is 1. The monoisotopic (exact) mass is 287 g/mol. The van der Waals surface area contributed by atoms with Gasteiger partial charge in [0.2, 0.25) is 5.91 Å². The van der Waals surface area contributed by atoms with Gasteiger partial charge in [0, 0.05) is 24.2 Å². The molecule has 0 N–H and O–H groups in total. The molecule has 2 rings (SSSR count). The van der Waals surface area contributed by atoms with Crippen molar-refractivity contribution in [1.82, 2.24) is 0 Å². The van der Waals surface area contributed by atoms with Crippen molar-refractivity contribution in [2.45, 2.75) is 32.6 Å². The van der Waals surface area contributed by atoms with Crippen molar-refractivity contribution in [2.24, 2.45) is 0 Å². The molecule has 0 saturated carbocycles. The first-order chi connectivity index (χ1) is 10.2. The maximum atomic E-state index is 12.3. The fourth-order valence-electron chi connectivity index (χ4n) is 2.59. The first-order valence-corrected chi connectivity index (χ1v) is 7.33. The summed E-state index contributed by atoms with van der Waals surface area (Å²) >= 11 is 0. The number of aryl methyl sites for hydroxylation is 1. The van der Waals surface area contributed by atoms with Crippen LogP contribution in [-0.2, 0) is 20.7 Å². The number of rotatable bonds is 4. The molecule has 1 aliphatic rings. The predicted octanol–water partition coefficient (Wildman–Crippen LogP) is 2.87. The number of esters is 1. The van der Waals surface area contributed by atoms with Gasteiger partial charge in [-0.3, -0.25) is 4.79 Å². The minimum absolute atomic E-state index is 0.108. The number of carbonyl (C=O) groups excluding carboxylic acids is 2. The van der Waals surface area contributed by atoms with Crippen molar-refractivity contribution >= 4 is 17.6 Å². The van der Waals surface area contributed by atoms with E-state index in [2.05, 4.69) is 6.07 Å². The molecule has 112 valence electrons. The number of hydrogen-bond acceptors (Lipinski definition) is 3. The highest BCUT2D eigenvalue weighted by Crippen LogP contribution is 2.26. The number of para-hydroxylation sites is 1. The van der Waals surface area contributed by atoms with E-state index in [4.69, 9.17) is 4.74 Å². The van der Waals surface area contributed by atoms with E-state index in [0.717, 1.165) is 18.5 Å². The number of benzene rings is 1. The Morgan fingerprint density at radius 1 is 1.33 bits per heavy atom. The fourth-order valence-corrected chi connectivity index (χ4v) is 2.59. The van der Waals surface area contributed by atoms with Crippen molar-refractivity contribution in [1.29, 1.82) is 0 Å². The van der Waals surface area contributed by atoms with Gasteiger partial charge in [-0.05, 0) is 30.9 Å². The maximum Gasteiger partial charge on any atom is 0.333 e. The number of methoxy groups -OCH3 is 1. The van der Waals surface area contributed by atoms with Crippen LogP contribution >= 0.6 is 0 Å². The van der Waals surface area contributed by atoms with Gasteiger partial charge in [0.05, 0.1) is 7.11 Å². The van der Waals surface area contributed by atoms with Crippen molar-refractivity contribution < 1.29 is 14.3 Å². The van der Waals surface area contributed by atoms with Crippen LogP contribution in [0.1, 0.15) is 31.7 Å². The minimum Gasteiger partial charge on any atom is -0.466 e. The molecule has 0 bridgehead atoms. The molecule has 1 aromatic rings. The smallest absolute Gasteiger partial charge is 0.333 e. The highest BCUT2D eigenvalue weighted by molar-refractivity contribution is 5.95. The predicted molar refractivity (Wildman–Crippen MR) is 82.1 cm³/mol. The van der Waals surface area contributed by atoms with Crippen molar-refractivity contribution in [3.05, 3.63) is 41.5 Å². The molecule has 4 heteroatoms. The third kappa shape index (κ3) is 3.51. The summed E-state index contributed by atoms with van der Waals surface area (Å²) in [5.74, 6) is -0.218. The summed E-state index contributed by atoms with van der Waals surface area (Å²) in [6.45, 7) is 2.31. The first-order valence-electron chi connectivity index (χ1n) is 7.33. The Labute approximate surface area is 125 Å². The van der Waals surface area contributed by atoms with Gasteiger partial charge in [-0.2, -0.15) is 0 Å². The Bertz CT molecular complexity index is 563. The zero-order chi connectivity index (χ0) is 15.2. The Balaban J connectivity index is 2.27. The number of hydrogen-bond donors (Lipinski definition) is 0. The molecular weight excluding hydrogens is 266 g/mol. The van der Waals surface area contributed by atoms with Crippen LogP contribution in [0.15, 0.2) is 35.9 Å². The van der Waals surface area contributed by atoms with Crippen LogP contribution in [0.25, 0.3) is 0 Å². The number of amides is 1. The van der Waals surface area contributed by atoms with Gasteiger partial charge in [0.1, 0.15) is 0 Å². The van der Waals surface area contributed by atoms with Crippen LogP contribution < -0.4 is 4.90 Å². The summed E-state index contributed by atoms with van der Waals surface area (Å²) in [6, 6.07) is 7.96. The summed E-state index contributed by atoms with van der Waals surface area (Å²) in [7, 11) is 1.37. The lowest BCUT2D eigenvalue weighted by molar-refractivity contribution is -0.136. The molecule has 0 radical (unpaired) electrons. The molecule has 1 aromatic carbocycles. The van der Waals surface area contributed by atoms with Crippen molar-refractivity contribution in [3.63, 3.8) is 0 Å². The van der Waals surface area contributed by atoms with Crippen LogP contribution in [-0.4, -0.2) is 25.5 Å². The quantitative estimate of drug-likeness (QED) is 0.632. The average molecular weight is 287 g/mol. The maximum absolute atomic E-state index is 12.3. The van der Waals surface area contributed by atoms with Gasteiger partial charge in [-0.25, -0.2) is 4.79 Å². The third-order valence-corrected chi connectivity index (χ3v) is 3.77. The van der Waals surface area contributed by atoms with Gasteiger partial charge < -0.3 is 9.64 Å². The molecule has 21 heavy (non-hydrogen) atoms. The standard InChI is InChI=1S/C17H21NO3/c1-3-13(17(20)21-2)11-12-18-15-9-5-4-7-14(15)8-6-10-16(18)19/h4-5,7,9,11H,3,6,8,10,12H2,1-2H3. The van der Waals surface area contributed by atoms with Gasteiger partial charge >= 0.3 is 5.97 Å². The van der Waals surface area contributed by atoms with E-state index in [-0.39, 0.29) is 11.9 Å². The second kappa shape index (κ2) is 7.07. The number of nitrogens with zero attached hydrogens (tertiary/aromatic N) is 1. The van der Waals surface area contributed by atoms with Gasteiger partial charge in [-0.15, -0.1) is 0 Å². The van der Waals surface area contributed by atoms with Crippen LogP contribution in [0.2, 0.25) is 0 Å². The SMILES string of the molecule is CCC(=CCN1C(=O)CCCc2ccccc21)C(=O)OC. The Morgan fingerprint density at radius 2 is 2.10 bits per heavy atom. The van der Waals surface area contributed by atoms with Crippen LogP contribution in [0.4, 0.5) is 5.69 Å². The zero-order valence-corrected chi connectivity index (χ0v) is 12.6. The van der Waals surface area contributed by atoms with E-state index in [9.17, 15) is 9.59 Å². The normalized spacial score (nSPS) is 15.4. The topological polar surface area (TPSA) is 46.6 Å². The molecule has 0 saturated heterocycles. The number of fused-ring (bicyclic) bond motifs is 1. The second-order valence-electron chi connectivity index (χ2n) is 5.06. The van der Waals surface area contributed by atoms with Gasteiger partial charge in [-0.1, -0.05) is 31.2 Å². The van der Waals surface area contributed by atoms with Crippen LogP contribution in [0, 0.1) is 0 Å². The molecule has 0 unspecified atom stereocenters. The first kappa shape index (κ1) is 15.3. The highest BCUT2D eigenvalue weighted by atomic mass is 16.5. The minimum atomic E-state index is -0.326. The molecule has 1 aliphatic heterocycles. The summed E-state index contributed by atoms with van der Waals surface area (Å²) in [5, 5.41) is 0. The lowest BCUT2D eigenvalue weighted by Gasteiger charge is -2.22. The number of anilines is 1. The molecule has 1 amide bonds. The van der Waals surface area contributed by atoms with E-state index in [0.29, 0.717) is 25.0 Å². The largest absolute Gasteiger partial charge is 0.466 e. The second-order valence-corrected chi connectivity index (χ2v) is 5.06. The van der Waals surface area contributed by atoms with Crippen molar-refractivity contribution in [3.8, 4) is 0 Å². The van der Waals surface area contributed by atoms with E-state index >= 15 is 0 Å². The summed E-state index contributed by atoms with van der Waals surface area (Å²) in [4.78, 5) is 25.7. The molecule has 0 atom stereocenters. The fraction of sp³-hybridized carbons (Fsp3) is 0.412. The molecular formula is C17H21NO3. The zero-order valence-electron chi connectivity index (χ0n) is 12.6. The van der Waals surface area contributed by atoms with Gasteiger partial charge in [0.25, 0.3) is 0 Å².